The summed E-state index contributed by atoms with van der Waals surface area (Å²) in [5.74, 6) is -3.83. The highest BCUT2D eigenvalue weighted by molar-refractivity contribution is 8.13. The van der Waals surface area contributed by atoms with E-state index >= 15 is 0 Å². The minimum absolute atomic E-state index is 0.253. The van der Waals surface area contributed by atoms with Crippen LogP contribution in [0.3, 0.4) is 0 Å². The Labute approximate surface area is 148 Å². The van der Waals surface area contributed by atoms with Crippen LogP contribution in [0.15, 0.2) is 35.2 Å². The van der Waals surface area contributed by atoms with Gasteiger partial charge in [0.05, 0.1) is 11.1 Å². The van der Waals surface area contributed by atoms with E-state index in [1.165, 1.54) is 0 Å². The fourth-order valence-corrected chi connectivity index (χ4v) is 3.11. The van der Waals surface area contributed by atoms with Gasteiger partial charge in [-0.25, -0.2) is 26.0 Å². The maximum Gasteiger partial charge on any atom is 0.266 e. The number of hydrogen-bond acceptors (Lipinski definition) is 3. The van der Waals surface area contributed by atoms with Gasteiger partial charge in [-0.05, 0) is 30.3 Å². The van der Waals surface area contributed by atoms with Crippen molar-refractivity contribution in [2.75, 3.05) is 5.32 Å². The number of benzene rings is 2. The molecule has 25 heavy (non-hydrogen) atoms. The van der Waals surface area contributed by atoms with Crippen LogP contribution in [0.5, 0.6) is 0 Å². The maximum atomic E-state index is 14.2. The molecular formula is C14H7Cl2F4NO3S. The molecule has 0 saturated heterocycles. The third-order valence-electron chi connectivity index (χ3n) is 3.00. The predicted molar refractivity (Wildman–Crippen MR) is 83.8 cm³/mol. The van der Waals surface area contributed by atoms with E-state index in [4.69, 9.17) is 22.3 Å². The second-order valence-corrected chi connectivity index (χ2v) is 7.67. The number of halogens is 6. The molecule has 2 aromatic carbocycles. The number of nitrogens with one attached hydrogen (secondary N) is 1. The molecule has 0 aliphatic heterocycles. The van der Waals surface area contributed by atoms with E-state index in [1.54, 1.807) is 0 Å². The third-order valence-corrected chi connectivity index (χ3v) is 4.54. The number of anilines is 1. The van der Waals surface area contributed by atoms with Crippen molar-refractivity contribution in [3.8, 4) is 0 Å². The van der Waals surface area contributed by atoms with Gasteiger partial charge in [-0.1, -0.05) is 11.6 Å². The minimum atomic E-state index is -4.52. The average molecular weight is 416 g/mol. The lowest BCUT2D eigenvalue weighted by molar-refractivity contribution is 0.102. The Morgan fingerprint density at radius 1 is 1.12 bits per heavy atom. The number of rotatable bonds is 4. The van der Waals surface area contributed by atoms with E-state index in [0.717, 1.165) is 12.1 Å². The largest absolute Gasteiger partial charge is 0.322 e. The molecule has 0 bridgehead atoms. The lowest BCUT2D eigenvalue weighted by atomic mass is 10.1. The normalized spacial score (nSPS) is 11.6. The van der Waals surface area contributed by atoms with E-state index in [9.17, 15) is 30.8 Å². The Kier molecular flexibility index (Phi) is 5.60. The molecule has 1 N–H and O–H groups in total. The van der Waals surface area contributed by atoms with Gasteiger partial charge in [0.25, 0.3) is 21.4 Å². The molecule has 0 unspecified atom stereocenters. The van der Waals surface area contributed by atoms with Gasteiger partial charge < -0.3 is 5.32 Å². The molecule has 0 heterocycles. The zero-order chi connectivity index (χ0) is 18.9. The number of amides is 1. The monoisotopic (exact) mass is 415 g/mol. The van der Waals surface area contributed by atoms with Crippen LogP contribution in [0.4, 0.5) is 23.2 Å². The number of carbonyl (C=O) groups is 1. The third kappa shape index (κ3) is 4.42. The molecule has 2 aromatic rings. The van der Waals surface area contributed by atoms with Crippen molar-refractivity contribution < 1.29 is 30.8 Å². The first-order valence-electron chi connectivity index (χ1n) is 6.33. The molecule has 134 valence electrons. The molecule has 0 spiro atoms. The fraction of sp³-hybridized carbons (Fsp3) is 0.0714. The second-order valence-electron chi connectivity index (χ2n) is 4.69. The maximum absolute atomic E-state index is 14.2. The quantitative estimate of drug-likeness (QED) is 0.579. The molecule has 11 heteroatoms. The van der Waals surface area contributed by atoms with Gasteiger partial charge >= 0.3 is 0 Å². The van der Waals surface area contributed by atoms with Crippen LogP contribution in [-0.4, -0.2) is 14.3 Å². The summed E-state index contributed by atoms with van der Waals surface area (Å²) in [5.41, 5.74) is -2.00. The lowest BCUT2D eigenvalue weighted by Gasteiger charge is -2.10. The Bertz CT molecular complexity index is 951. The molecule has 2 rings (SSSR count). The molecule has 1 amide bonds. The molecule has 0 radical (unpaired) electrons. The van der Waals surface area contributed by atoms with Gasteiger partial charge in [0.1, 0.15) is 10.7 Å². The van der Waals surface area contributed by atoms with Crippen LogP contribution in [0, 0.1) is 11.6 Å². The summed E-state index contributed by atoms with van der Waals surface area (Å²) in [7, 11) is 0.538. The first-order chi connectivity index (χ1) is 11.5. The van der Waals surface area contributed by atoms with Gasteiger partial charge in [0.15, 0.2) is 5.82 Å². The highest BCUT2D eigenvalue weighted by Crippen LogP contribution is 2.28. The summed E-state index contributed by atoms with van der Waals surface area (Å²) in [6.45, 7) is 0. The summed E-state index contributed by atoms with van der Waals surface area (Å²) in [6, 6.07) is 3.87. The van der Waals surface area contributed by atoms with Crippen LogP contribution < -0.4 is 5.32 Å². The summed E-state index contributed by atoms with van der Waals surface area (Å²) in [5, 5.41) is 1.76. The van der Waals surface area contributed by atoms with Crippen LogP contribution in [0.25, 0.3) is 0 Å². The van der Waals surface area contributed by atoms with Gasteiger partial charge in [-0.2, -0.15) is 0 Å². The zero-order valence-corrected chi connectivity index (χ0v) is 14.2. The van der Waals surface area contributed by atoms with E-state index in [-0.39, 0.29) is 10.7 Å². The number of carbonyl (C=O) groups excluding carboxylic acids is 1. The van der Waals surface area contributed by atoms with Gasteiger partial charge in [0, 0.05) is 21.4 Å². The summed E-state index contributed by atoms with van der Waals surface area (Å²) in [4.78, 5) is 11.1. The van der Waals surface area contributed by atoms with Crippen molar-refractivity contribution >= 4 is 42.9 Å². The summed E-state index contributed by atoms with van der Waals surface area (Å²) in [6.07, 6.45) is -3.13. The van der Waals surface area contributed by atoms with Crippen molar-refractivity contribution in [2.24, 2.45) is 0 Å². The van der Waals surface area contributed by atoms with Crippen LogP contribution in [-0.2, 0) is 9.05 Å². The number of hydrogen-bond donors (Lipinski definition) is 1. The van der Waals surface area contributed by atoms with Gasteiger partial charge in [-0.3, -0.25) is 4.79 Å². The smallest absolute Gasteiger partial charge is 0.266 e. The fourth-order valence-electron chi connectivity index (χ4n) is 1.89. The summed E-state index contributed by atoms with van der Waals surface area (Å²) >= 11 is 5.64. The minimum Gasteiger partial charge on any atom is -0.322 e. The van der Waals surface area contributed by atoms with Crippen molar-refractivity contribution in [1.29, 1.82) is 0 Å². The number of alkyl halides is 2. The molecule has 0 aromatic heterocycles. The highest BCUT2D eigenvalue weighted by Gasteiger charge is 2.24. The molecule has 0 aliphatic carbocycles. The summed E-state index contributed by atoms with van der Waals surface area (Å²) < 4.78 is 75.4. The van der Waals surface area contributed by atoms with Crippen molar-refractivity contribution in [3.63, 3.8) is 0 Å². The molecule has 0 fully saturated rings. The predicted octanol–water partition coefficient (Wildman–Crippen LogP) is 4.74. The van der Waals surface area contributed by atoms with Crippen LogP contribution in [0.2, 0.25) is 5.02 Å². The van der Waals surface area contributed by atoms with E-state index < -0.39 is 49.0 Å². The molecule has 0 atom stereocenters. The molecule has 0 saturated carbocycles. The highest BCUT2D eigenvalue weighted by atomic mass is 35.7. The molecule has 0 aliphatic rings. The van der Waals surface area contributed by atoms with Crippen LogP contribution in [0.1, 0.15) is 22.3 Å². The Morgan fingerprint density at radius 2 is 1.76 bits per heavy atom. The second kappa shape index (κ2) is 7.19. The van der Waals surface area contributed by atoms with Crippen molar-refractivity contribution in [2.45, 2.75) is 11.3 Å². The zero-order valence-electron chi connectivity index (χ0n) is 11.9. The van der Waals surface area contributed by atoms with Gasteiger partial charge in [0.2, 0.25) is 0 Å². The van der Waals surface area contributed by atoms with E-state index in [0.29, 0.717) is 18.2 Å². The van der Waals surface area contributed by atoms with Crippen molar-refractivity contribution in [1.82, 2.24) is 0 Å². The topological polar surface area (TPSA) is 63.2 Å². The van der Waals surface area contributed by atoms with Gasteiger partial charge in [-0.15, -0.1) is 0 Å². The van der Waals surface area contributed by atoms with Crippen LogP contribution >= 0.6 is 22.3 Å². The molecular weight excluding hydrogens is 409 g/mol. The average Bonchev–Trinajstić information content (AvgIpc) is 2.49. The lowest BCUT2D eigenvalue weighted by Crippen LogP contribution is -2.15. The van der Waals surface area contributed by atoms with Crippen molar-refractivity contribution in [3.05, 3.63) is 58.1 Å². The first-order valence-corrected chi connectivity index (χ1v) is 9.02. The Morgan fingerprint density at radius 3 is 2.32 bits per heavy atom. The molecule has 4 nitrogen and oxygen atoms in total. The van der Waals surface area contributed by atoms with E-state index in [2.05, 4.69) is 5.32 Å². The Balaban J connectivity index is 2.43. The van der Waals surface area contributed by atoms with E-state index in [1.807, 2.05) is 0 Å². The SMILES string of the molecule is O=C(Nc1ccc(F)c(C(F)F)c1)c1cc(Cl)cc(S(=O)(=O)Cl)c1F. The first kappa shape index (κ1) is 19.5. The standard InChI is InChI=1S/C14H7Cl2F4NO3S/c15-6-3-9(12(18)11(4-6)25(16,23)24)14(22)21-7-1-2-10(17)8(5-7)13(19)20/h1-5,13H,(H,21,22). The Hall–Kier alpha value is -1.84.